The Labute approximate surface area is 125 Å². The maximum Gasteiger partial charge on any atom is 0.274 e. The molecule has 0 unspecified atom stereocenters. The molecular formula is C18H22N2O. The molecule has 0 saturated heterocycles. The van der Waals surface area contributed by atoms with Crippen molar-refractivity contribution in [2.45, 2.75) is 45.6 Å². The molecule has 3 heteroatoms. The Hall–Kier alpha value is -2.03. The molecule has 21 heavy (non-hydrogen) atoms. The first-order chi connectivity index (χ1) is 10.1. The quantitative estimate of drug-likeness (QED) is 0.910. The number of anilines is 1. The summed E-state index contributed by atoms with van der Waals surface area (Å²) in [5.74, 6) is 0. The normalized spacial score (nSPS) is 15.5. The van der Waals surface area contributed by atoms with Gasteiger partial charge in [0.25, 0.3) is 5.56 Å². The highest BCUT2D eigenvalue weighted by atomic mass is 16.1. The van der Waals surface area contributed by atoms with Crippen molar-refractivity contribution in [1.29, 1.82) is 0 Å². The minimum Gasteiger partial charge on any atom is -0.394 e. The van der Waals surface area contributed by atoms with Crippen molar-refractivity contribution < 1.29 is 0 Å². The van der Waals surface area contributed by atoms with Crippen LogP contribution in [0.2, 0.25) is 0 Å². The van der Waals surface area contributed by atoms with Crippen LogP contribution in [-0.4, -0.2) is 4.57 Å². The van der Waals surface area contributed by atoms with Crippen LogP contribution < -0.4 is 11.3 Å². The van der Waals surface area contributed by atoms with E-state index in [1.165, 1.54) is 24.0 Å². The number of hydrogen-bond donors (Lipinski definition) is 1. The summed E-state index contributed by atoms with van der Waals surface area (Å²) in [5.41, 5.74) is 10.7. The summed E-state index contributed by atoms with van der Waals surface area (Å²) in [4.78, 5) is 12.6. The number of aromatic nitrogens is 1. The van der Waals surface area contributed by atoms with Gasteiger partial charge in [0.15, 0.2) is 0 Å². The molecule has 0 spiro atoms. The van der Waals surface area contributed by atoms with E-state index in [9.17, 15) is 4.79 Å². The van der Waals surface area contributed by atoms with E-state index in [0.717, 1.165) is 24.1 Å². The summed E-state index contributed by atoms with van der Waals surface area (Å²) in [6, 6.07) is 10.4. The molecule has 0 amide bonds. The van der Waals surface area contributed by atoms with Crippen LogP contribution in [0.3, 0.4) is 0 Å². The molecule has 1 fully saturated rings. The third kappa shape index (κ3) is 2.48. The molecule has 1 aromatic carbocycles. The minimum absolute atomic E-state index is 0.0414. The highest BCUT2D eigenvalue weighted by Crippen LogP contribution is 2.33. The molecule has 3 rings (SSSR count). The van der Waals surface area contributed by atoms with E-state index < -0.39 is 0 Å². The number of benzene rings is 1. The summed E-state index contributed by atoms with van der Waals surface area (Å²) in [5, 5.41) is 0. The summed E-state index contributed by atoms with van der Waals surface area (Å²) < 4.78 is 1.93. The van der Waals surface area contributed by atoms with Crippen molar-refractivity contribution in [1.82, 2.24) is 4.57 Å². The first-order valence-electron chi connectivity index (χ1n) is 7.66. The second kappa shape index (κ2) is 5.40. The number of hydrogen-bond acceptors (Lipinski definition) is 2. The number of nitrogens with zero attached hydrogens (tertiary/aromatic N) is 1. The lowest BCUT2D eigenvalue weighted by Crippen LogP contribution is -2.27. The van der Waals surface area contributed by atoms with Gasteiger partial charge in [0, 0.05) is 11.6 Å². The largest absolute Gasteiger partial charge is 0.394 e. The van der Waals surface area contributed by atoms with Gasteiger partial charge in [0.05, 0.1) is 11.4 Å². The van der Waals surface area contributed by atoms with Crippen LogP contribution in [0, 0.1) is 13.8 Å². The van der Waals surface area contributed by atoms with Crippen molar-refractivity contribution in [3.8, 4) is 11.3 Å². The fourth-order valence-electron chi connectivity index (χ4n) is 3.33. The summed E-state index contributed by atoms with van der Waals surface area (Å²) >= 11 is 0. The van der Waals surface area contributed by atoms with Gasteiger partial charge in [-0.25, -0.2) is 0 Å². The van der Waals surface area contributed by atoms with Crippen LogP contribution in [0.25, 0.3) is 11.3 Å². The average molecular weight is 282 g/mol. The fourth-order valence-corrected chi connectivity index (χ4v) is 3.33. The lowest BCUT2D eigenvalue weighted by molar-refractivity contribution is 0.509. The Kier molecular flexibility index (Phi) is 3.58. The Morgan fingerprint density at radius 3 is 2.52 bits per heavy atom. The van der Waals surface area contributed by atoms with Gasteiger partial charge in [-0.05, 0) is 50.5 Å². The smallest absolute Gasteiger partial charge is 0.274 e. The third-order valence-corrected chi connectivity index (χ3v) is 4.50. The monoisotopic (exact) mass is 282 g/mol. The Morgan fingerprint density at radius 2 is 1.81 bits per heavy atom. The van der Waals surface area contributed by atoms with Gasteiger partial charge in [0.2, 0.25) is 0 Å². The summed E-state index contributed by atoms with van der Waals surface area (Å²) in [7, 11) is 0. The first-order valence-corrected chi connectivity index (χ1v) is 7.66. The second-order valence-corrected chi connectivity index (χ2v) is 6.11. The zero-order valence-electron chi connectivity index (χ0n) is 12.7. The fraction of sp³-hybridized carbons (Fsp3) is 0.389. The Bertz CT molecular complexity index is 724. The van der Waals surface area contributed by atoms with Gasteiger partial charge in [-0.2, -0.15) is 0 Å². The van der Waals surface area contributed by atoms with Gasteiger partial charge in [-0.3, -0.25) is 4.79 Å². The highest BCUT2D eigenvalue weighted by molar-refractivity contribution is 5.66. The van der Waals surface area contributed by atoms with Crippen LogP contribution in [0.4, 0.5) is 5.69 Å². The van der Waals surface area contributed by atoms with Crippen LogP contribution in [0.5, 0.6) is 0 Å². The Morgan fingerprint density at radius 1 is 1.10 bits per heavy atom. The molecule has 0 bridgehead atoms. The maximum absolute atomic E-state index is 12.6. The molecule has 2 N–H and O–H groups in total. The van der Waals surface area contributed by atoms with Crippen molar-refractivity contribution >= 4 is 5.69 Å². The number of nitrogens with two attached hydrogens (primary N) is 1. The molecule has 1 aliphatic rings. The van der Waals surface area contributed by atoms with E-state index in [1.807, 2.05) is 10.6 Å². The molecule has 110 valence electrons. The van der Waals surface area contributed by atoms with Gasteiger partial charge in [-0.1, -0.05) is 30.5 Å². The van der Waals surface area contributed by atoms with Crippen molar-refractivity contribution in [2.75, 3.05) is 5.73 Å². The maximum atomic E-state index is 12.6. The highest BCUT2D eigenvalue weighted by Gasteiger charge is 2.22. The minimum atomic E-state index is -0.0414. The van der Waals surface area contributed by atoms with Crippen molar-refractivity contribution in [3.05, 3.63) is 51.8 Å². The van der Waals surface area contributed by atoms with Crippen molar-refractivity contribution in [3.63, 3.8) is 0 Å². The van der Waals surface area contributed by atoms with Crippen LogP contribution >= 0.6 is 0 Å². The number of rotatable bonds is 2. The standard InChI is InChI=1S/C18H22N2O/c1-12-7-8-13(2)15(11-12)17-10-9-16(19)18(21)20(17)14-5-3-4-6-14/h7-11,14H,3-6,19H2,1-2H3. The second-order valence-electron chi connectivity index (χ2n) is 6.11. The SMILES string of the molecule is Cc1ccc(C)c(-c2ccc(N)c(=O)n2C2CCCC2)c1. The van der Waals surface area contributed by atoms with E-state index in [2.05, 4.69) is 32.0 Å². The predicted octanol–water partition coefficient (Wildman–Crippen LogP) is 3.83. The van der Waals surface area contributed by atoms with E-state index in [1.54, 1.807) is 6.07 Å². The molecule has 1 aliphatic carbocycles. The van der Waals surface area contributed by atoms with Crippen LogP contribution in [0.15, 0.2) is 35.1 Å². The molecule has 0 atom stereocenters. The molecule has 0 aliphatic heterocycles. The van der Waals surface area contributed by atoms with Crippen LogP contribution in [-0.2, 0) is 0 Å². The van der Waals surface area contributed by atoms with Gasteiger partial charge in [0.1, 0.15) is 0 Å². The van der Waals surface area contributed by atoms with Gasteiger partial charge < -0.3 is 10.3 Å². The average Bonchev–Trinajstić information content (AvgIpc) is 2.98. The number of aryl methyl sites for hydroxylation is 2. The topological polar surface area (TPSA) is 48.0 Å². The van der Waals surface area contributed by atoms with Crippen molar-refractivity contribution in [2.24, 2.45) is 0 Å². The predicted molar refractivity (Wildman–Crippen MR) is 87.5 cm³/mol. The molecule has 1 heterocycles. The lowest BCUT2D eigenvalue weighted by Gasteiger charge is -2.21. The van der Waals surface area contributed by atoms with E-state index in [0.29, 0.717) is 5.69 Å². The van der Waals surface area contributed by atoms with E-state index in [4.69, 9.17) is 5.73 Å². The van der Waals surface area contributed by atoms with E-state index in [-0.39, 0.29) is 11.6 Å². The molecule has 2 aromatic rings. The summed E-state index contributed by atoms with van der Waals surface area (Å²) in [6.07, 6.45) is 4.53. The van der Waals surface area contributed by atoms with Crippen LogP contribution in [0.1, 0.15) is 42.9 Å². The Balaban J connectivity index is 2.25. The molecule has 3 nitrogen and oxygen atoms in total. The molecule has 0 radical (unpaired) electrons. The number of pyridine rings is 1. The zero-order chi connectivity index (χ0) is 15.0. The third-order valence-electron chi connectivity index (χ3n) is 4.50. The molecule has 1 saturated carbocycles. The van der Waals surface area contributed by atoms with Gasteiger partial charge >= 0.3 is 0 Å². The summed E-state index contributed by atoms with van der Waals surface area (Å²) in [6.45, 7) is 4.17. The molecule has 1 aromatic heterocycles. The van der Waals surface area contributed by atoms with Gasteiger partial charge in [-0.15, -0.1) is 0 Å². The molecular weight excluding hydrogens is 260 g/mol. The first kappa shape index (κ1) is 13.9. The van der Waals surface area contributed by atoms with E-state index >= 15 is 0 Å². The number of nitrogen functional groups attached to an aromatic ring is 1. The zero-order valence-corrected chi connectivity index (χ0v) is 12.7. The lowest BCUT2D eigenvalue weighted by atomic mass is 10.0.